The second-order valence-electron chi connectivity index (χ2n) is 7.39. The van der Waals surface area contributed by atoms with Gasteiger partial charge in [0, 0.05) is 44.2 Å². The number of carbonyl (C=O) groups excluding carboxylic acids is 1. The Kier molecular flexibility index (Phi) is 7.30. The first-order valence-electron chi connectivity index (χ1n) is 10.0. The summed E-state index contributed by atoms with van der Waals surface area (Å²) in [6.07, 6.45) is 0.770. The summed E-state index contributed by atoms with van der Waals surface area (Å²) in [5, 5.41) is 11.0. The van der Waals surface area contributed by atoms with Gasteiger partial charge in [-0.15, -0.1) is 0 Å². The number of benzene rings is 2. The molecule has 0 bridgehead atoms. The van der Waals surface area contributed by atoms with E-state index in [0.29, 0.717) is 25.9 Å². The Bertz CT molecular complexity index is 1050. The number of piperidine rings is 1. The molecule has 10 heteroatoms. The molecule has 31 heavy (non-hydrogen) atoms. The molecule has 0 radical (unpaired) electrons. The summed E-state index contributed by atoms with van der Waals surface area (Å²) < 4.78 is 27.3. The smallest absolute Gasteiger partial charge is 0.270 e. The number of halogens is 1. The minimum Gasteiger partial charge on any atom is -0.338 e. The van der Waals surface area contributed by atoms with E-state index < -0.39 is 14.9 Å². The van der Waals surface area contributed by atoms with Gasteiger partial charge in [0.1, 0.15) is 4.90 Å². The van der Waals surface area contributed by atoms with Crippen molar-refractivity contribution >= 4 is 33.2 Å². The third-order valence-electron chi connectivity index (χ3n) is 5.46. The highest BCUT2D eigenvalue weighted by Gasteiger charge is 2.35. The summed E-state index contributed by atoms with van der Waals surface area (Å²) >= 11 is 6.03. The molecule has 1 amide bonds. The molecule has 0 aromatic heterocycles. The lowest BCUT2D eigenvalue weighted by molar-refractivity contribution is -0.385. The predicted octanol–water partition coefficient (Wildman–Crippen LogP) is 3.70. The monoisotopic (exact) mass is 465 g/mol. The van der Waals surface area contributed by atoms with Crippen molar-refractivity contribution in [3.05, 3.63) is 69.2 Å². The quantitative estimate of drug-likeness (QED) is 0.458. The zero-order chi connectivity index (χ0) is 22.6. The van der Waals surface area contributed by atoms with Gasteiger partial charge < -0.3 is 4.90 Å². The van der Waals surface area contributed by atoms with E-state index in [4.69, 9.17) is 11.6 Å². The van der Waals surface area contributed by atoms with E-state index in [2.05, 4.69) is 0 Å². The van der Waals surface area contributed by atoms with Gasteiger partial charge in [0.05, 0.1) is 9.95 Å². The first-order chi connectivity index (χ1) is 14.7. The molecule has 2 aromatic carbocycles. The van der Waals surface area contributed by atoms with Crippen LogP contribution in [0.25, 0.3) is 0 Å². The fourth-order valence-corrected chi connectivity index (χ4v) is 5.66. The number of rotatable bonds is 7. The van der Waals surface area contributed by atoms with Gasteiger partial charge >= 0.3 is 0 Å². The number of carbonyl (C=O) groups is 1. The Morgan fingerprint density at radius 3 is 2.42 bits per heavy atom. The van der Waals surface area contributed by atoms with Crippen LogP contribution in [0.5, 0.6) is 0 Å². The van der Waals surface area contributed by atoms with E-state index in [1.807, 2.05) is 37.3 Å². The average Bonchev–Trinajstić information content (AvgIpc) is 2.77. The van der Waals surface area contributed by atoms with Gasteiger partial charge in [0.25, 0.3) is 5.69 Å². The van der Waals surface area contributed by atoms with Crippen LogP contribution in [0.4, 0.5) is 5.69 Å². The van der Waals surface area contributed by atoms with Crippen LogP contribution >= 0.6 is 11.6 Å². The minimum atomic E-state index is -4.00. The van der Waals surface area contributed by atoms with E-state index in [1.54, 1.807) is 4.90 Å². The van der Waals surface area contributed by atoms with Crippen molar-refractivity contribution in [1.29, 1.82) is 0 Å². The van der Waals surface area contributed by atoms with Crippen molar-refractivity contribution in [2.24, 2.45) is 5.92 Å². The summed E-state index contributed by atoms with van der Waals surface area (Å²) in [6.45, 7) is 3.31. The van der Waals surface area contributed by atoms with Gasteiger partial charge in [-0.2, -0.15) is 4.31 Å². The molecule has 8 nitrogen and oxygen atoms in total. The molecule has 1 heterocycles. The Labute approximate surface area is 186 Å². The molecule has 3 rings (SSSR count). The molecular weight excluding hydrogens is 442 g/mol. The predicted molar refractivity (Wildman–Crippen MR) is 117 cm³/mol. The molecule has 1 aliphatic rings. The molecule has 2 aromatic rings. The molecular formula is C21H24ClN3O5S. The molecule has 0 saturated carbocycles. The van der Waals surface area contributed by atoms with Crippen molar-refractivity contribution in [3.8, 4) is 0 Å². The first-order valence-corrected chi connectivity index (χ1v) is 11.8. The number of nitro benzene ring substituents is 1. The molecule has 0 unspecified atom stereocenters. The van der Waals surface area contributed by atoms with Crippen LogP contribution in [0.3, 0.4) is 0 Å². The van der Waals surface area contributed by atoms with Gasteiger partial charge in [-0.05, 0) is 31.4 Å². The van der Waals surface area contributed by atoms with E-state index in [1.165, 1.54) is 16.4 Å². The van der Waals surface area contributed by atoms with Gasteiger partial charge in [0.15, 0.2) is 0 Å². The minimum absolute atomic E-state index is 0.0109. The number of hydrogen-bond acceptors (Lipinski definition) is 5. The van der Waals surface area contributed by atoms with Crippen molar-refractivity contribution in [3.63, 3.8) is 0 Å². The summed E-state index contributed by atoms with van der Waals surface area (Å²) in [4.78, 5) is 24.9. The molecule has 0 N–H and O–H groups in total. The molecule has 0 aliphatic carbocycles. The maximum Gasteiger partial charge on any atom is 0.270 e. The highest BCUT2D eigenvalue weighted by molar-refractivity contribution is 7.89. The number of hydrogen-bond donors (Lipinski definition) is 0. The zero-order valence-corrected chi connectivity index (χ0v) is 18.7. The van der Waals surface area contributed by atoms with Crippen LogP contribution in [0.15, 0.2) is 53.4 Å². The number of sulfonamides is 1. The van der Waals surface area contributed by atoms with E-state index in [-0.39, 0.29) is 40.5 Å². The van der Waals surface area contributed by atoms with Crippen LogP contribution in [-0.4, -0.2) is 48.1 Å². The molecule has 0 spiro atoms. The normalized spacial score (nSPS) is 15.5. The second-order valence-corrected chi connectivity index (χ2v) is 9.70. The van der Waals surface area contributed by atoms with Gasteiger partial charge in [-0.25, -0.2) is 8.42 Å². The summed E-state index contributed by atoms with van der Waals surface area (Å²) in [5.74, 6) is -0.257. The van der Waals surface area contributed by atoms with Gasteiger partial charge in [-0.1, -0.05) is 41.9 Å². The number of nitrogens with zero attached hydrogens (tertiary/aromatic N) is 3. The van der Waals surface area contributed by atoms with Crippen molar-refractivity contribution in [2.45, 2.75) is 31.2 Å². The first kappa shape index (κ1) is 23.2. The maximum absolute atomic E-state index is 13.0. The van der Waals surface area contributed by atoms with E-state index in [0.717, 1.165) is 11.6 Å². The van der Waals surface area contributed by atoms with Crippen LogP contribution in [0.1, 0.15) is 25.3 Å². The van der Waals surface area contributed by atoms with Gasteiger partial charge in [-0.3, -0.25) is 14.9 Å². The molecule has 166 valence electrons. The van der Waals surface area contributed by atoms with Crippen LogP contribution in [-0.2, 0) is 21.4 Å². The second kappa shape index (κ2) is 9.76. The molecule has 1 fully saturated rings. The molecule has 1 aliphatic heterocycles. The standard InChI is InChI=1S/C21H24ClN3O5S/c1-2-23(15-16-6-4-3-5-7-16)21(26)17-10-12-24(13-11-17)31(29,30)20-14-18(25(27)28)8-9-19(20)22/h3-9,14,17H,2,10-13,15H2,1H3. The summed E-state index contributed by atoms with van der Waals surface area (Å²) in [6, 6.07) is 13.1. The third-order valence-corrected chi connectivity index (χ3v) is 7.84. The Balaban J connectivity index is 1.69. The third kappa shape index (κ3) is 5.23. The Morgan fingerprint density at radius 1 is 1.19 bits per heavy atom. The SMILES string of the molecule is CCN(Cc1ccccc1)C(=O)C1CCN(S(=O)(=O)c2cc([N+](=O)[O-])ccc2Cl)CC1. The number of non-ortho nitro benzene ring substituents is 1. The zero-order valence-electron chi connectivity index (χ0n) is 17.1. The van der Waals surface area contributed by atoms with Crippen LogP contribution < -0.4 is 0 Å². The van der Waals surface area contributed by atoms with Crippen molar-refractivity contribution in [2.75, 3.05) is 19.6 Å². The fourth-order valence-electron chi connectivity index (χ4n) is 3.69. The topological polar surface area (TPSA) is 101 Å². The Morgan fingerprint density at radius 2 is 1.84 bits per heavy atom. The largest absolute Gasteiger partial charge is 0.338 e. The lowest BCUT2D eigenvalue weighted by atomic mass is 9.96. The maximum atomic E-state index is 13.0. The lowest BCUT2D eigenvalue weighted by Crippen LogP contribution is -2.44. The molecule has 1 saturated heterocycles. The number of amides is 1. The van der Waals surface area contributed by atoms with Crippen LogP contribution in [0.2, 0.25) is 5.02 Å². The van der Waals surface area contributed by atoms with Crippen molar-refractivity contribution < 1.29 is 18.1 Å². The van der Waals surface area contributed by atoms with Crippen LogP contribution in [0, 0.1) is 16.0 Å². The summed E-state index contributed by atoms with van der Waals surface area (Å²) in [7, 11) is -4.00. The highest BCUT2D eigenvalue weighted by atomic mass is 35.5. The Hall–Kier alpha value is -2.49. The average molecular weight is 466 g/mol. The lowest BCUT2D eigenvalue weighted by Gasteiger charge is -2.33. The van der Waals surface area contributed by atoms with Gasteiger partial charge in [0.2, 0.25) is 15.9 Å². The fraction of sp³-hybridized carbons (Fsp3) is 0.381. The van der Waals surface area contributed by atoms with E-state index >= 15 is 0 Å². The number of nitro groups is 1. The van der Waals surface area contributed by atoms with E-state index in [9.17, 15) is 23.3 Å². The molecule has 0 atom stereocenters. The highest BCUT2D eigenvalue weighted by Crippen LogP contribution is 2.31. The van der Waals surface area contributed by atoms with Crippen molar-refractivity contribution in [1.82, 2.24) is 9.21 Å². The summed E-state index contributed by atoms with van der Waals surface area (Å²) in [5.41, 5.74) is 0.700.